The first-order chi connectivity index (χ1) is 38.2. The predicted molar refractivity (Wildman–Crippen MR) is 285 cm³/mol. The molecule has 8 aromatic rings. The summed E-state index contributed by atoms with van der Waals surface area (Å²) in [7, 11) is 1.30. The molecule has 3 aromatic carbocycles. The molecule has 3 atom stereocenters. The van der Waals surface area contributed by atoms with Gasteiger partial charge in [0.15, 0.2) is 0 Å². The second-order valence-corrected chi connectivity index (χ2v) is 19.2. The number of H-pyrrole nitrogens is 1. The van der Waals surface area contributed by atoms with Gasteiger partial charge in [0, 0.05) is 69.0 Å². The largest absolute Gasteiger partial charge is 0.464 e. The van der Waals surface area contributed by atoms with Gasteiger partial charge in [0.25, 0.3) is 11.1 Å². The first kappa shape index (κ1) is 55.3. The minimum Gasteiger partial charge on any atom is -0.464 e. The number of aliphatic hydroxyl groups excluding tert-OH is 1. The molecule has 0 aliphatic carbocycles. The number of carbonyl (C=O) groups excluding carboxylic acids is 2. The molecule has 15 nitrogen and oxygen atoms in total. The molecule has 0 amide bonds. The number of benzene rings is 3. The van der Waals surface area contributed by atoms with E-state index in [9.17, 15) is 37.1 Å². The lowest BCUT2D eigenvalue weighted by Crippen LogP contribution is -2.30. The number of rotatable bonds is 13. The number of aromatic amines is 1. The minimum absolute atomic E-state index is 0.158. The molecule has 3 unspecified atom stereocenters. The summed E-state index contributed by atoms with van der Waals surface area (Å²) in [6, 6.07) is 35.5. The smallest absolute Gasteiger partial charge is 0.356 e. The minimum atomic E-state index is -0.750. The molecule has 0 spiro atoms. The van der Waals surface area contributed by atoms with E-state index in [0.717, 1.165) is 76.6 Å². The lowest BCUT2D eigenvalue weighted by Gasteiger charge is -2.29. The van der Waals surface area contributed by atoms with Gasteiger partial charge in [-0.3, -0.25) is 24.2 Å². The van der Waals surface area contributed by atoms with Gasteiger partial charge in [0.2, 0.25) is 11.3 Å². The Hall–Kier alpha value is -8.42. The zero-order chi connectivity index (χ0) is 55.6. The Morgan fingerprint density at radius 1 is 0.557 bits per heavy atom. The van der Waals surface area contributed by atoms with E-state index in [0.29, 0.717) is 39.3 Å². The summed E-state index contributed by atoms with van der Waals surface area (Å²) in [5.74, 6) is -1.86. The van der Waals surface area contributed by atoms with Gasteiger partial charge in [0.05, 0.1) is 20.2 Å². The van der Waals surface area contributed by atoms with Crippen molar-refractivity contribution in [2.45, 2.75) is 68.4 Å². The zero-order valence-corrected chi connectivity index (χ0v) is 43.1. The first-order valence-electron chi connectivity index (χ1n) is 25.7. The number of ether oxygens (including phenoxy) is 4. The average Bonchev–Trinajstić information content (AvgIpc) is 4.41. The second kappa shape index (κ2) is 24.5. The summed E-state index contributed by atoms with van der Waals surface area (Å²) in [4.78, 5) is 70.8. The number of ketones is 1. The van der Waals surface area contributed by atoms with Crippen molar-refractivity contribution in [2.75, 3.05) is 33.5 Å². The van der Waals surface area contributed by atoms with Crippen molar-refractivity contribution in [3.05, 3.63) is 269 Å². The molecule has 3 aliphatic rings. The number of Topliss-reactive ketones (excluding diaryl/α,β-unsaturated/α-hetero) is 1. The van der Waals surface area contributed by atoms with E-state index < -0.39 is 35.2 Å². The molecule has 5 aromatic heterocycles. The molecular weight excluding hydrogens is 1020 g/mol. The van der Waals surface area contributed by atoms with Gasteiger partial charge in [-0.15, -0.1) is 0 Å². The van der Waals surface area contributed by atoms with Crippen LogP contribution in [0.5, 0.6) is 0 Å². The summed E-state index contributed by atoms with van der Waals surface area (Å²) in [5.41, 5.74) is 4.15. The Bertz CT molecular complexity index is 3390. The number of methoxy groups -OCH3 is 1. The highest BCUT2D eigenvalue weighted by atomic mass is 19.1. The van der Waals surface area contributed by atoms with Crippen molar-refractivity contribution in [3.8, 4) is 0 Å². The molecular formula is C61H56F3N5O10. The van der Waals surface area contributed by atoms with Gasteiger partial charge in [-0.2, -0.15) is 0 Å². The molecule has 2 N–H and O–H groups in total. The number of pyridine rings is 5. The van der Waals surface area contributed by atoms with Crippen LogP contribution in [0, 0.1) is 17.5 Å². The summed E-state index contributed by atoms with van der Waals surface area (Å²) in [5, 5.41) is 8.90. The monoisotopic (exact) mass is 1080 g/mol. The second-order valence-electron chi connectivity index (χ2n) is 19.2. The fourth-order valence-electron chi connectivity index (χ4n) is 10.3. The molecule has 11 rings (SSSR count). The van der Waals surface area contributed by atoms with E-state index in [1.165, 1.54) is 55.8 Å². The van der Waals surface area contributed by atoms with E-state index in [2.05, 4.69) is 19.7 Å². The summed E-state index contributed by atoms with van der Waals surface area (Å²) in [6.45, 7) is 1.82. The number of hydrogen-bond donors (Lipinski definition) is 2. The van der Waals surface area contributed by atoms with Crippen LogP contribution in [0.25, 0.3) is 0 Å². The van der Waals surface area contributed by atoms with E-state index in [1.807, 2.05) is 18.2 Å². The predicted octanol–water partition coefficient (Wildman–Crippen LogP) is 8.50. The van der Waals surface area contributed by atoms with Gasteiger partial charge < -0.3 is 38.2 Å². The van der Waals surface area contributed by atoms with Crippen LogP contribution >= 0.6 is 0 Å². The first-order valence-corrected chi connectivity index (χ1v) is 25.7. The third kappa shape index (κ3) is 12.3. The van der Waals surface area contributed by atoms with E-state index >= 15 is 0 Å². The van der Waals surface area contributed by atoms with Gasteiger partial charge in [0.1, 0.15) is 52.2 Å². The molecule has 0 radical (unpaired) electrons. The van der Waals surface area contributed by atoms with Crippen LogP contribution in [-0.2, 0) is 48.8 Å². The topological polar surface area (TPSA) is 194 Å². The molecule has 8 heterocycles. The summed E-state index contributed by atoms with van der Waals surface area (Å²) in [6.07, 6.45) is 13.0. The SMILES string of the molecule is COC(=O)c1ccc(Cn2ccc(C3(c4ccc(F)cc4)CCCO3)cc2=O)cn1.O=C(CO)c1ccc(Cn2ccc(C3(c4ccc(F)cc4)CCCO3)cc2=O)cn1.O=c1cc(C2(c3ccc(F)cc3)CCCO2)cc[nH]1. The van der Waals surface area contributed by atoms with Crippen LogP contribution in [0.2, 0.25) is 0 Å². The summed E-state index contributed by atoms with van der Waals surface area (Å²) < 4.78 is 65.7. The molecule has 0 saturated carbocycles. The van der Waals surface area contributed by atoms with Gasteiger partial charge in [-0.25, -0.2) is 22.9 Å². The summed E-state index contributed by atoms with van der Waals surface area (Å²) >= 11 is 0. The van der Waals surface area contributed by atoms with Crippen LogP contribution in [0.1, 0.15) is 104 Å². The number of aromatic nitrogens is 5. The number of nitrogens with one attached hydrogen (secondary N) is 1. The van der Waals surface area contributed by atoms with Crippen molar-refractivity contribution in [2.24, 2.45) is 0 Å². The van der Waals surface area contributed by atoms with Crippen molar-refractivity contribution < 1.29 is 46.8 Å². The number of esters is 1. The van der Waals surface area contributed by atoms with Crippen LogP contribution in [0.4, 0.5) is 13.2 Å². The van der Waals surface area contributed by atoms with E-state index in [-0.39, 0.29) is 45.5 Å². The van der Waals surface area contributed by atoms with Crippen LogP contribution in [0.15, 0.2) is 179 Å². The number of hydrogen-bond acceptors (Lipinski definition) is 12. The van der Waals surface area contributed by atoms with E-state index in [1.54, 1.807) is 107 Å². The number of carbonyl (C=O) groups is 2. The maximum Gasteiger partial charge on any atom is 0.356 e. The lowest BCUT2D eigenvalue weighted by atomic mass is 9.84. The normalized spacial score (nSPS) is 19.4. The van der Waals surface area contributed by atoms with Crippen molar-refractivity contribution in [1.29, 1.82) is 0 Å². The van der Waals surface area contributed by atoms with Crippen molar-refractivity contribution in [1.82, 2.24) is 24.1 Å². The van der Waals surface area contributed by atoms with Gasteiger partial charge in [-0.1, -0.05) is 48.5 Å². The maximum absolute atomic E-state index is 13.4. The fraction of sp³-hybridized carbons (Fsp3) is 0.262. The molecule has 3 fully saturated rings. The number of aliphatic hydroxyl groups is 1. The Kier molecular flexibility index (Phi) is 17.2. The standard InChI is InChI=1S/2C23H21FN2O4.C15H14FNO2/c1-29-22(28)20-8-3-16(14-25-20)15-26-11-9-18(13-21(26)27)23(10-2-12-30-23)17-4-6-19(24)7-5-17;24-19-5-3-17(4-6-19)23(9-1-11-30-23)18-8-10-26(22(29)12-18)14-16-2-7-20(25-13-16)21(28)15-27;16-13-4-2-11(3-5-13)15(7-1-9-19-15)12-6-8-17-14(18)10-12/h3-9,11,13-14H,2,10,12,15H2,1H3;2-8,10,12-13,27H,1,9,11,14-15H2;2-6,8,10H,1,7,9H2,(H,17,18). The highest BCUT2D eigenvalue weighted by Gasteiger charge is 2.41. The molecule has 3 saturated heterocycles. The number of nitrogens with zero attached hydrogens (tertiary/aromatic N) is 4. The Labute approximate surface area is 451 Å². The third-order valence-electron chi connectivity index (χ3n) is 14.3. The quantitative estimate of drug-likeness (QED) is 0.0828. The van der Waals surface area contributed by atoms with E-state index in [4.69, 9.17) is 19.3 Å². The third-order valence-corrected chi connectivity index (χ3v) is 14.3. The fourth-order valence-corrected chi connectivity index (χ4v) is 10.3. The van der Waals surface area contributed by atoms with Gasteiger partial charge in [-0.05, 0) is 150 Å². The van der Waals surface area contributed by atoms with Crippen molar-refractivity contribution >= 4 is 11.8 Å². The molecule has 18 heteroatoms. The Morgan fingerprint density at radius 3 is 1.29 bits per heavy atom. The molecule has 406 valence electrons. The van der Waals surface area contributed by atoms with Crippen LogP contribution < -0.4 is 16.7 Å². The highest BCUT2D eigenvalue weighted by molar-refractivity contribution is 5.95. The highest BCUT2D eigenvalue weighted by Crippen LogP contribution is 2.44. The van der Waals surface area contributed by atoms with Crippen LogP contribution in [0.3, 0.4) is 0 Å². The van der Waals surface area contributed by atoms with Crippen LogP contribution in [-0.4, -0.2) is 74.5 Å². The Balaban J connectivity index is 0.000000148. The molecule has 3 aliphatic heterocycles. The zero-order valence-electron chi connectivity index (χ0n) is 43.1. The lowest BCUT2D eigenvalue weighted by molar-refractivity contribution is 0.0355. The Morgan fingerprint density at radius 2 is 0.962 bits per heavy atom. The van der Waals surface area contributed by atoms with Crippen molar-refractivity contribution in [3.63, 3.8) is 0 Å². The van der Waals surface area contributed by atoms with Gasteiger partial charge >= 0.3 is 5.97 Å². The molecule has 79 heavy (non-hydrogen) atoms. The number of halogens is 3. The molecule has 0 bridgehead atoms. The maximum atomic E-state index is 13.4. The average molecular weight is 1080 g/mol.